The number of hydrazine groups is 1. The zero-order valence-electron chi connectivity index (χ0n) is 6.80. The highest BCUT2D eigenvalue weighted by Gasteiger charge is 2.09. The van der Waals surface area contributed by atoms with Crippen LogP contribution in [0, 0.1) is 11.6 Å². The summed E-state index contributed by atoms with van der Waals surface area (Å²) >= 11 is 0. The summed E-state index contributed by atoms with van der Waals surface area (Å²) in [6, 6.07) is 3.42. The molecule has 0 aliphatic carbocycles. The summed E-state index contributed by atoms with van der Waals surface area (Å²) in [5.74, 6) is -1.13. The number of nitrogens with zero attached hydrogens (tertiary/aromatic N) is 1. The average Bonchev–Trinajstić information content (AvgIpc) is 2.53. The number of rotatable bonds is 1. The maximum atomic E-state index is 12.8. The molecule has 13 heavy (non-hydrogen) atoms. The van der Waals surface area contributed by atoms with Crippen molar-refractivity contribution in [2.45, 2.75) is 0 Å². The van der Waals surface area contributed by atoms with Crippen LogP contribution in [0.2, 0.25) is 0 Å². The first-order valence-corrected chi connectivity index (χ1v) is 3.90. The minimum atomic E-state index is -0.566. The van der Waals surface area contributed by atoms with E-state index >= 15 is 0 Å². The highest BCUT2D eigenvalue weighted by molar-refractivity contribution is 5.47. The van der Waals surface area contributed by atoms with Crippen LogP contribution >= 0.6 is 0 Å². The van der Waals surface area contributed by atoms with E-state index in [1.165, 1.54) is 12.1 Å². The molecule has 0 saturated heterocycles. The Morgan fingerprint density at radius 3 is 2.38 bits per heavy atom. The van der Waals surface area contributed by atoms with Crippen molar-refractivity contribution < 1.29 is 8.78 Å². The van der Waals surface area contributed by atoms with Gasteiger partial charge in [0.15, 0.2) is 0 Å². The molecule has 1 aliphatic heterocycles. The third-order valence-electron chi connectivity index (χ3n) is 1.80. The van der Waals surface area contributed by atoms with Gasteiger partial charge in [-0.05, 0) is 18.2 Å². The fourth-order valence-corrected chi connectivity index (χ4v) is 1.23. The van der Waals surface area contributed by atoms with Crippen molar-refractivity contribution in [3.63, 3.8) is 0 Å². The van der Waals surface area contributed by atoms with Crippen molar-refractivity contribution in [2.75, 3.05) is 11.6 Å². The van der Waals surface area contributed by atoms with Gasteiger partial charge in [-0.1, -0.05) is 0 Å². The molecule has 0 saturated carbocycles. The second-order valence-electron chi connectivity index (χ2n) is 2.77. The van der Waals surface area contributed by atoms with E-state index in [2.05, 4.69) is 5.43 Å². The van der Waals surface area contributed by atoms with Crippen LogP contribution < -0.4 is 10.4 Å². The van der Waals surface area contributed by atoms with E-state index in [4.69, 9.17) is 0 Å². The van der Waals surface area contributed by atoms with Gasteiger partial charge >= 0.3 is 0 Å². The zero-order chi connectivity index (χ0) is 9.26. The maximum absolute atomic E-state index is 12.8. The average molecular weight is 182 g/mol. The van der Waals surface area contributed by atoms with Crippen LogP contribution in [0.25, 0.3) is 0 Å². The van der Waals surface area contributed by atoms with Crippen molar-refractivity contribution in [1.29, 1.82) is 0 Å². The predicted octanol–water partition coefficient (Wildman–Crippen LogP) is 1.80. The third-order valence-corrected chi connectivity index (χ3v) is 1.80. The number of hydrogen-bond acceptors (Lipinski definition) is 2. The standard InChI is InChI=1S/C9H8F2N2/c10-7-4-8(11)6-9(5-7)13-3-1-2-12-13/h1-2,4-6,12H,3H2. The van der Waals surface area contributed by atoms with Crippen LogP contribution in [-0.4, -0.2) is 6.54 Å². The summed E-state index contributed by atoms with van der Waals surface area (Å²) in [5, 5.41) is 1.64. The molecule has 0 fully saturated rings. The monoisotopic (exact) mass is 182 g/mol. The van der Waals surface area contributed by atoms with Crippen LogP contribution in [0.15, 0.2) is 30.5 Å². The summed E-state index contributed by atoms with van der Waals surface area (Å²) in [6.07, 6.45) is 3.59. The van der Waals surface area contributed by atoms with Gasteiger partial charge in [-0.3, -0.25) is 5.01 Å². The second kappa shape index (κ2) is 3.05. The molecule has 0 atom stereocenters. The van der Waals surface area contributed by atoms with Crippen LogP contribution in [0.3, 0.4) is 0 Å². The number of benzene rings is 1. The van der Waals surface area contributed by atoms with Gasteiger partial charge in [0.05, 0.1) is 12.2 Å². The Balaban J connectivity index is 2.29. The van der Waals surface area contributed by atoms with Gasteiger partial charge in [0, 0.05) is 12.3 Å². The zero-order valence-corrected chi connectivity index (χ0v) is 6.80. The van der Waals surface area contributed by atoms with E-state index in [1.807, 2.05) is 6.08 Å². The maximum Gasteiger partial charge on any atom is 0.128 e. The molecule has 0 unspecified atom stereocenters. The molecule has 2 rings (SSSR count). The van der Waals surface area contributed by atoms with Crippen molar-refractivity contribution in [2.24, 2.45) is 0 Å². The molecule has 0 aromatic heterocycles. The molecular formula is C9H8F2N2. The number of hydrogen-bond donors (Lipinski definition) is 1. The summed E-state index contributed by atoms with van der Waals surface area (Å²) in [7, 11) is 0. The molecule has 68 valence electrons. The first-order valence-electron chi connectivity index (χ1n) is 3.90. The largest absolute Gasteiger partial charge is 0.306 e. The topological polar surface area (TPSA) is 15.3 Å². The lowest BCUT2D eigenvalue weighted by Gasteiger charge is -2.18. The normalized spacial score (nSPS) is 14.8. The SMILES string of the molecule is Fc1cc(F)cc(N2CC=CN2)c1. The molecule has 0 amide bonds. The van der Waals surface area contributed by atoms with Gasteiger partial charge in [-0.25, -0.2) is 8.78 Å². The van der Waals surface area contributed by atoms with Gasteiger partial charge in [0.25, 0.3) is 0 Å². The van der Waals surface area contributed by atoms with Gasteiger partial charge in [0.2, 0.25) is 0 Å². The summed E-state index contributed by atoms with van der Waals surface area (Å²) in [6.45, 7) is 0.614. The highest BCUT2D eigenvalue weighted by Crippen LogP contribution is 2.17. The molecule has 0 radical (unpaired) electrons. The Morgan fingerprint density at radius 1 is 1.15 bits per heavy atom. The van der Waals surface area contributed by atoms with Gasteiger partial charge in [-0.2, -0.15) is 0 Å². The third kappa shape index (κ3) is 1.61. The first-order chi connectivity index (χ1) is 6.25. The van der Waals surface area contributed by atoms with E-state index in [-0.39, 0.29) is 0 Å². The molecule has 1 N–H and O–H groups in total. The fraction of sp³-hybridized carbons (Fsp3) is 0.111. The molecule has 0 spiro atoms. The van der Waals surface area contributed by atoms with E-state index in [1.54, 1.807) is 11.2 Å². The number of nitrogens with one attached hydrogen (secondary N) is 1. The molecule has 0 bridgehead atoms. The van der Waals surface area contributed by atoms with Gasteiger partial charge in [0.1, 0.15) is 11.6 Å². The highest BCUT2D eigenvalue weighted by atomic mass is 19.1. The molecule has 2 nitrogen and oxygen atoms in total. The van der Waals surface area contributed by atoms with Crippen LogP contribution in [0.5, 0.6) is 0 Å². The molecule has 1 heterocycles. The molecule has 1 aromatic rings. The molecule has 1 aromatic carbocycles. The van der Waals surface area contributed by atoms with Crippen LogP contribution in [0.4, 0.5) is 14.5 Å². The fourth-order valence-electron chi connectivity index (χ4n) is 1.23. The smallest absolute Gasteiger partial charge is 0.128 e. The Bertz CT molecular complexity index is 321. The quantitative estimate of drug-likeness (QED) is 0.712. The molecule has 1 aliphatic rings. The molecular weight excluding hydrogens is 174 g/mol. The Morgan fingerprint density at radius 2 is 1.85 bits per heavy atom. The lowest BCUT2D eigenvalue weighted by atomic mass is 10.3. The summed E-state index contributed by atoms with van der Waals surface area (Å²) in [5.41, 5.74) is 3.34. The minimum absolute atomic E-state index is 0.488. The Hall–Kier alpha value is -1.58. The van der Waals surface area contributed by atoms with E-state index in [0.717, 1.165) is 6.07 Å². The number of anilines is 1. The van der Waals surface area contributed by atoms with Crippen molar-refractivity contribution in [3.05, 3.63) is 42.1 Å². The van der Waals surface area contributed by atoms with Crippen molar-refractivity contribution in [3.8, 4) is 0 Å². The Kier molecular flexibility index (Phi) is 1.88. The van der Waals surface area contributed by atoms with Crippen molar-refractivity contribution >= 4 is 5.69 Å². The van der Waals surface area contributed by atoms with Crippen molar-refractivity contribution in [1.82, 2.24) is 5.43 Å². The minimum Gasteiger partial charge on any atom is -0.306 e. The summed E-state index contributed by atoms with van der Waals surface area (Å²) < 4.78 is 25.5. The van der Waals surface area contributed by atoms with E-state index < -0.39 is 11.6 Å². The lowest BCUT2D eigenvalue weighted by molar-refractivity contribution is 0.581. The van der Waals surface area contributed by atoms with Gasteiger partial charge in [-0.15, -0.1) is 0 Å². The van der Waals surface area contributed by atoms with Gasteiger partial charge < -0.3 is 5.43 Å². The van der Waals surface area contributed by atoms with Crippen LogP contribution in [-0.2, 0) is 0 Å². The summed E-state index contributed by atoms with van der Waals surface area (Å²) in [4.78, 5) is 0. The predicted molar refractivity (Wildman–Crippen MR) is 46.0 cm³/mol. The Labute approximate surface area is 74.4 Å². The van der Waals surface area contributed by atoms with Crippen LogP contribution in [0.1, 0.15) is 0 Å². The lowest BCUT2D eigenvalue weighted by Crippen LogP contribution is -2.29. The van der Waals surface area contributed by atoms with E-state index in [9.17, 15) is 8.78 Å². The first kappa shape index (κ1) is 8.04. The number of halogens is 2. The van der Waals surface area contributed by atoms with E-state index in [0.29, 0.717) is 12.2 Å². The molecule has 4 heteroatoms. The second-order valence-corrected chi connectivity index (χ2v) is 2.77.